The third-order valence-corrected chi connectivity index (χ3v) is 7.69. The Morgan fingerprint density at radius 2 is 1.59 bits per heavy atom. The lowest BCUT2D eigenvalue weighted by molar-refractivity contribution is 0.00777. The highest BCUT2D eigenvalue weighted by atomic mass is 16.6. The average Bonchev–Trinajstić information content (AvgIpc) is 3.38. The van der Waals surface area contributed by atoms with Gasteiger partial charge in [0.2, 0.25) is 11.8 Å². The number of hydrogen-bond acceptors (Lipinski definition) is 7. The van der Waals surface area contributed by atoms with Crippen LogP contribution in [-0.2, 0) is 25.0 Å². The van der Waals surface area contributed by atoms with Crippen molar-refractivity contribution < 1.29 is 23.7 Å². The van der Waals surface area contributed by atoms with Gasteiger partial charge in [0.05, 0.1) is 17.6 Å². The molecule has 1 aliphatic heterocycles. The van der Waals surface area contributed by atoms with Gasteiger partial charge in [-0.1, -0.05) is 60.7 Å². The van der Waals surface area contributed by atoms with Gasteiger partial charge in [0.25, 0.3) is 0 Å². The lowest BCUT2D eigenvalue weighted by atomic mass is 10.1. The first-order valence-corrected chi connectivity index (χ1v) is 15.7. The molecule has 6 rings (SSSR count). The van der Waals surface area contributed by atoms with Crippen molar-refractivity contribution in [3.63, 3.8) is 0 Å². The maximum absolute atomic E-state index is 12.7. The standard InChI is InChI=1S/C37H40N4O5/c1-37(2,3)46-36(42)41-21-11-16-29(23-41)45-28-17-18-30-32(22-28)40(4)39-34(30)31-19-20-33(43-24-26-12-7-5-8-13-26)38-35(31)44-25-27-14-9-6-10-15-27/h5-10,12-15,17-20,22,29H,11,16,21,23-25H2,1-4H3/t29-/m1/s1. The number of hydrogen-bond donors (Lipinski definition) is 0. The second kappa shape index (κ2) is 13.5. The minimum absolute atomic E-state index is 0.128. The summed E-state index contributed by atoms with van der Waals surface area (Å²) in [5, 5.41) is 5.83. The van der Waals surface area contributed by atoms with Gasteiger partial charge in [-0.25, -0.2) is 4.79 Å². The van der Waals surface area contributed by atoms with Gasteiger partial charge in [-0.05, 0) is 62.9 Å². The molecule has 3 heterocycles. The van der Waals surface area contributed by atoms with Crippen LogP contribution in [0.3, 0.4) is 0 Å². The molecule has 0 bridgehead atoms. The largest absolute Gasteiger partial charge is 0.489 e. The molecular formula is C37H40N4O5. The molecular weight excluding hydrogens is 580 g/mol. The summed E-state index contributed by atoms with van der Waals surface area (Å²) < 4.78 is 26.2. The second-order valence-electron chi connectivity index (χ2n) is 12.5. The summed E-state index contributed by atoms with van der Waals surface area (Å²) in [4.78, 5) is 19.2. The van der Waals surface area contributed by atoms with Crippen LogP contribution in [0, 0.1) is 0 Å². The lowest BCUT2D eigenvalue weighted by Crippen LogP contribution is -2.46. The van der Waals surface area contributed by atoms with E-state index in [1.807, 2.05) is 123 Å². The molecule has 3 aromatic carbocycles. The van der Waals surface area contributed by atoms with Crippen LogP contribution < -0.4 is 14.2 Å². The average molecular weight is 621 g/mol. The van der Waals surface area contributed by atoms with E-state index < -0.39 is 5.60 Å². The Bertz CT molecular complexity index is 1780. The number of aromatic nitrogens is 3. The molecule has 1 amide bonds. The van der Waals surface area contributed by atoms with Crippen molar-refractivity contribution in [1.82, 2.24) is 19.7 Å². The van der Waals surface area contributed by atoms with Crippen LogP contribution in [0.25, 0.3) is 22.2 Å². The normalized spacial score (nSPS) is 15.0. The Kier molecular flexibility index (Phi) is 9.10. The fraction of sp³-hybridized carbons (Fsp3) is 0.324. The first-order valence-electron chi connectivity index (χ1n) is 15.7. The van der Waals surface area contributed by atoms with Crippen LogP contribution in [0.1, 0.15) is 44.7 Å². The van der Waals surface area contributed by atoms with Crippen molar-refractivity contribution >= 4 is 17.0 Å². The molecule has 1 aliphatic rings. The van der Waals surface area contributed by atoms with E-state index in [1.165, 1.54) is 0 Å². The molecule has 1 fully saturated rings. The molecule has 0 unspecified atom stereocenters. The molecule has 9 nitrogen and oxygen atoms in total. The molecule has 0 spiro atoms. The number of amides is 1. The van der Waals surface area contributed by atoms with Gasteiger partial charge >= 0.3 is 6.09 Å². The second-order valence-corrected chi connectivity index (χ2v) is 12.5. The predicted octanol–water partition coefficient (Wildman–Crippen LogP) is 7.57. The van der Waals surface area contributed by atoms with Crippen LogP contribution in [0.4, 0.5) is 4.79 Å². The van der Waals surface area contributed by atoms with Crippen molar-refractivity contribution in [2.24, 2.45) is 7.05 Å². The highest BCUT2D eigenvalue weighted by molar-refractivity contribution is 5.95. The number of carbonyl (C=O) groups is 1. The number of aryl methyl sites for hydroxylation is 1. The summed E-state index contributed by atoms with van der Waals surface area (Å²) in [6.07, 6.45) is 1.28. The van der Waals surface area contributed by atoms with Gasteiger partial charge in [-0.15, -0.1) is 0 Å². The molecule has 0 radical (unpaired) electrons. The number of likely N-dealkylation sites (tertiary alicyclic amines) is 1. The first-order chi connectivity index (χ1) is 22.2. The maximum atomic E-state index is 12.7. The summed E-state index contributed by atoms with van der Waals surface area (Å²) in [5.74, 6) is 1.64. The Morgan fingerprint density at radius 3 is 2.28 bits per heavy atom. The van der Waals surface area contributed by atoms with Gasteiger partial charge in [0, 0.05) is 31.1 Å². The van der Waals surface area contributed by atoms with E-state index in [2.05, 4.69) is 0 Å². The van der Waals surface area contributed by atoms with Crippen LogP contribution in [0.15, 0.2) is 91.0 Å². The molecule has 0 aliphatic carbocycles. The van der Waals surface area contributed by atoms with Gasteiger partial charge in [0.1, 0.15) is 36.4 Å². The number of carbonyl (C=O) groups excluding carboxylic acids is 1. The van der Waals surface area contributed by atoms with Crippen LogP contribution in [0.5, 0.6) is 17.5 Å². The van der Waals surface area contributed by atoms with E-state index in [9.17, 15) is 4.79 Å². The smallest absolute Gasteiger partial charge is 0.410 e. The summed E-state index contributed by atoms with van der Waals surface area (Å²) in [6.45, 7) is 7.53. The Morgan fingerprint density at radius 1 is 0.891 bits per heavy atom. The topological polar surface area (TPSA) is 87.9 Å². The monoisotopic (exact) mass is 620 g/mol. The highest BCUT2D eigenvalue weighted by Gasteiger charge is 2.29. The molecule has 1 saturated heterocycles. The Hall–Kier alpha value is -5.05. The van der Waals surface area contributed by atoms with Gasteiger partial charge in [0.15, 0.2) is 0 Å². The minimum atomic E-state index is -0.537. The summed E-state index contributed by atoms with van der Waals surface area (Å²) >= 11 is 0. The number of rotatable bonds is 9. The summed E-state index contributed by atoms with van der Waals surface area (Å²) in [5.41, 5.74) is 3.98. The SMILES string of the molecule is Cn1nc(-c2ccc(OCc3ccccc3)nc2OCc2ccccc2)c2ccc(O[C@@H]3CCCN(C(=O)OC(C)(C)C)C3)cc21. The lowest BCUT2D eigenvalue weighted by Gasteiger charge is -2.34. The molecule has 238 valence electrons. The van der Waals surface area contributed by atoms with Crippen molar-refractivity contribution in [3.8, 4) is 28.8 Å². The number of piperidine rings is 1. The molecule has 46 heavy (non-hydrogen) atoms. The minimum Gasteiger partial charge on any atom is -0.489 e. The van der Waals surface area contributed by atoms with E-state index in [0.29, 0.717) is 38.1 Å². The number of nitrogens with zero attached hydrogens (tertiary/aromatic N) is 4. The van der Waals surface area contributed by atoms with E-state index in [4.69, 9.17) is 29.0 Å². The zero-order valence-electron chi connectivity index (χ0n) is 26.8. The van der Waals surface area contributed by atoms with Gasteiger partial charge in [-0.2, -0.15) is 10.1 Å². The number of benzene rings is 3. The van der Waals surface area contributed by atoms with Gasteiger partial charge in [-0.3, -0.25) is 4.68 Å². The predicted molar refractivity (Wildman–Crippen MR) is 177 cm³/mol. The van der Waals surface area contributed by atoms with E-state index in [1.54, 1.807) is 4.90 Å². The fourth-order valence-electron chi connectivity index (χ4n) is 5.48. The molecule has 0 N–H and O–H groups in total. The maximum Gasteiger partial charge on any atom is 0.410 e. The van der Waals surface area contributed by atoms with E-state index in [0.717, 1.165) is 51.9 Å². The third kappa shape index (κ3) is 7.59. The fourth-order valence-corrected chi connectivity index (χ4v) is 5.48. The molecule has 0 saturated carbocycles. The number of pyridine rings is 1. The summed E-state index contributed by atoms with van der Waals surface area (Å²) in [6, 6.07) is 29.8. The van der Waals surface area contributed by atoms with E-state index >= 15 is 0 Å². The molecule has 2 aromatic heterocycles. The van der Waals surface area contributed by atoms with Crippen molar-refractivity contribution in [2.45, 2.75) is 58.5 Å². The van der Waals surface area contributed by atoms with Crippen LogP contribution in [0.2, 0.25) is 0 Å². The van der Waals surface area contributed by atoms with Crippen LogP contribution in [-0.4, -0.2) is 50.6 Å². The number of ether oxygens (including phenoxy) is 4. The molecule has 9 heteroatoms. The summed E-state index contributed by atoms with van der Waals surface area (Å²) in [7, 11) is 1.91. The first kappa shape index (κ1) is 31.0. The van der Waals surface area contributed by atoms with Crippen molar-refractivity contribution in [2.75, 3.05) is 13.1 Å². The van der Waals surface area contributed by atoms with Crippen LogP contribution >= 0.6 is 0 Å². The highest BCUT2D eigenvalue weighted by Crippen LogP contribution is 2.36. The Labute approximate surface area is 269 Å². The third-order valence-electron chi connectivity index (χ3n) is 7.69. The van der Waals surface area contributed by atoms with Crippen molar-refractivity contribution in [1.29, 1.82) is 0 Å². The quantitative estimate of drug-likeness (QED) is 0.168. The number of fused-ring (bicyclic) bond motifs is 1. The molecule has 1 atom stereocenters. The Balaban J connectivity index is 1.24. The zero-order chi connectivity index (χ0) is 32.1. The zero-order valence-corrected chi connectivity index (χ0v) is 26.8. The van der Waals surface area contributed by atoms with E-state index in [-0.39, 0.29) is 12.2 Å². The van der Waals surface area contributed by atoms with Crippen molar-refractivity contribution in [3.05, 3.63) is 102 Å². The van der Waals surface area contributed by atoms with Gasteiger partial charge < -0.3 is 23.8 Å². The molecule has 5 aromatic rings.